The molecule has 0 saturated carbocycles. The lowest BCUT2D eigenvalue weighted by molar-refractivity contribution is -0.119. The maximum absolute atomic E-state index is 13.2. The molecule has 2 aromatic carbocycles. The minimum absolute atomic E-state index is 0.0595. The van der Waals surface area contributed by atoms with Crippen LogP contribution < -0.4 is 4.90 Å². The zero-order valence-corrected chi connectivity index (χ0v) is 16.1. The Labute approximate surface area is 164 Å². The van der Waals surface area contributed by atoms with Gasteiger partial charge in [0.05, 0.1) is 5.69 Å². The zero-order valence-electron chi connectivity index (χ0n) is 15.4. The number of nitrogens with zero attached hydrogens (tertiary/aromatic N) is 1. The summed E-state index contributed by atoms with van der Waals surface area (Å²) in [7, 11) is 0. The maximum Gasteiger partial charge on any atom is 0.232 e. The number of hydrogen-bond acceptors (Lipinski definition) is 2. The molecule has 1 aliphatic carbocycles. The first-order valence-corrected chi connectivity index (χ1v) is 9.90. The second-order valence-electron chi connectivity index (χ2n) is 7.16. The fourth-order valence-electron chi connectivity index (χ4n) is 4.28. The van der Waals surface area contributed by atoms with E-state index >= 15 is 0 Å². The number of aryl methyl sites for hydroxylation is 1. The Hall–Kier alpha value is -2.39. The molecule has 0 N–H and O–H groups in total. The van der Waals surface area contributed by atoms with Crippen LogP contribution in [-0.4, -0.2) is 11.7 Å². The van der Waals surface area contributed by atoms with Gasteiger partial charge in [0, 0.05) is 35.1 Å². The van der Waals surface area contributed by atoms with Gasteiger partial charge in [-0.25, -0.2) is 0 Å². The van der Waals surface area contributed by atoms with Crippen LogP contribution >= 0.6 is 11.6 Å². The summed E-state index contributed by atoms with van der Waals surface area (Å²) in [4.78, 5) is 27.9. The minimum atomic E-state index is -0.178. The number of carbonyl (C=O) groups excluding carboxylic acids is 2. The van der Waals surface area contributed by atoms with Crippen LogP contribution in [0.3, 0.4) is 0 Å². The molecular formula is C23H22ClNO2. The molecule has 2 aromatic rings. The number of benzene rings is 2. The summed E-state index contributed by atoms with van der Waals surface area (Å²) < 4.78 is 0. The van der Waals surface area contributed by atoms with Crippen LogP contribution in [0.5, 0.6) is 0 Å². The predicted octanol–water partition coefficient (Wildman–Crippen LogP) is 5.43. The Morgan fingerprint density at radius 2 is 1.78 bits per heavy atom. The van der Waals surface area contributed by atoms with E-state index in [1.54, 1.807) is 0 Å². The standard InChI is InChI=1S/C23H22ClNO2/c1-2-15-6-3-4-7-19(15)25-20-8-5-9-21(26)23(20)18(14-22(25)27)16-10-12-17(24)13-11-16/h3-4,6-7,10-13,18H,2,5,8-9,14H2,1H3. The van der Waals surface area contributed by atoms with Gasteiger partial charge in [-0.15, -0.1) is 0 Å². The Kier molecular flexibility index (Phi) is 4.88. The third-order valence-corrected chi connectivity index (χ3v) is 5.81. The number of halogens is 1. The number of amides is 1. The molecule has 0 aromatic heterocycles. The number of hydrogen-bond donors (Lipinski definition) is 0. The van der Waals surface area contributed by atoms with Crippen molar-refractivity contribution in [1.82, 2.24) is 0 Å². The lowest BCUT2D eigenvalue weighted by Crippen LogP contribution is -2.41. The fraction of sp³-hybridized carbons (Fsp3) is 0.304. The topological polar surface area (TPSA) is 37.4 Å². The molecule has 1 heterocycles. The molecule has 0 spiro atoms. The first-order chi connectivity index (χ1) is 13.1. The molecule has 138 valence electrons. The van der Waals surface area contributed by atoms with Gasteiger partial charge < -0.3 is 0 Å². The van der Waals surface area contributed by atoms with Gasteiger partial charge in [-0.2, -0.15) is 0 Å². The number of allylic oxidation sites excluding steroid dienone is 2. The van der Waals surface area contributed by atoms with E-state index in [9.17, 15) is 9.59 Å². The highest BCUT2D eigenvalue weighted by molar-refractivity contribution is 6.30. The SMILES string of the molecule is CCc1ccccc1N1C(=O)CC(c2ccc(Cl)cc2)C2=C1CCCC2=O. The van der Waals surface area contributed by atoms with Crippen LogP contribution in [-0.2, 0) is 16.0 Å². The molecular weight excluding hydrogens is 358 g/mol. The lowest BCUT2D eigenvalue weighted by atomic mass is 9.77. The van der Waals surface area contributed by atoms with E-state index in [4.69, 9.17) is 11.6 Å². The van der Waals surface area contributed by atoms with Crippen molar-refractivity contribution in [3.8, 4) is 0 Å². The maximum atomic E-state index is 13.2. The normalized spacial score (nSPS) is 20.1. The summed E-state index contributed by atoms with van der Waals surface area (Å²) in [5.41, 5.74) is 4.73. The van der Waals surface area contributed by atoms with Crippen molar-refractivity contribution >= 4 is 29.0 Å². The fourth-order valence-corrected chi connectivity index (χ4v) is 4.41. The van der Waals surface area contributed by atoms with Gasteiger partial charge in [0.2, 0.25) is 5.91 Å². The molecule has 4 rings (SSSR count). The van der Waals surface area contributed by atoms with Gasteiger partial charge in [0.15, 0.2) is 5.78 Å². The van der Waals surface area contributed by atoms with Crippen molar-refractivity contribution in [3.63, 3.8) is 0 Å². The highest BCUT2D eigenvalue weighted by Gasteiger charge is 2.40. The molecule has 27 heavy (non-hydrogen) atoms. The van der Waals surface area contributed by atoms with E-state index in [0.717, 1.165) is 47.3 Å². The second-order valence-corrected chi connectivity index (χ2v) is 7.59. The van der Waals surface area contributed by atoms with Crippen LogP contribution in [0.1, 0.15) is 49.7 Å². The largest absolute Gasteiger partial charge is 0.294 e. The monoisotopic (exact) mass is 379 g/mol. The van der Waals surface area contributed by atoms with Gasteiger partial charge in [-0.3, -0.25) is 14.5 Å². The molecule has 0 fully saturated rings. The average molecular weight is 380 g/mol. The molecule has 0 bridgehead atoms. The van der Waals surface area contributed by atoms with Crippen molar-refractivity contribution in [3.05, 3.63) is 76.0 Å². The Bertz CT molecular complexity index is 930. The van der Waals surface area contributed by atoms with E-state index in [-0.39, 0.29) is 17.6 Å². The van der Waals surface area contributed by atoms with E-state index in [0.29, 0.717) is 17.9 Å². The van der Waals surface area contributed by atoms with Crippen LogP contribution in [0.2, 0.25) is 5.02 Å². The first-order valence-electron chi connectivity index (χ1n) is 9.52. The van der Waals surface area contributed by atoms with Crippen LogP contribution in [0.15, 0.2) is 59.8 Å². The summed E-state index contributed by atoms with van der Waals surface area (Å²) in [5, 5.41) is 0.656. The summed E-state index contributed by atoms with van der Waals surface area (Å²) >= 11 is 6.03. The zero-order chi connectivity index (χ0) is 19.0. The quantitative estimate of drug-likeness (QED) is 0.713. The molecule has 4 heteroatoms. The number of rotatable bonds is 3. The van der Waals surface area contributed by atoms with Gasteiger partial charge in [0.1, 0.15) is 0 Å². The van der Waals surface area contributed by atoms with E-state index < -0.39 is 0 Å². The molecule has 1 unspecified atom stereocenters. The number of carbonyl (C=O) groups is 2. The number of Topliss-reactive ketones (excluding diaryl/α,β-unsaturated/α-hetero) is 1. The molecule has 3 nitrogen and oxygen atoms in total. The van der Waals surface area contributed by atoms with E-state index in [2.05, 4.69) is 13.0 Å². The summed E-state index contributed by atoms with van der Waals surface area (Å²) in [6, 6.07) is 15.5. The molecule has 1 atom stereocenters. The second kappa shape index (κ2) is 7.32. The third-order valence-electron chi connectivity index (χ3n) is 5.56. The smallest absolute Gasteiger partial charge is 0.232 e. The van der Waals surface area contributed by atoms with Crippen molar-refractivity contribution in [2.24, 2.45) is 0 Å². The molecule has 0 radical (unpaired) electrons. The van der Waals surface area contributed by atoms with Crippen LogP contribution in [0, 0.1) is 0 Å². The predicted molar refractivity (Wildman–Crippen MR) is 108 cm³/mol. The highest BCUT2D eigenvalue weighted by Crippen LogP contribution is 2.44. The van der Waals surface area contributed by atoms with Gasteiger partial charge >= 0.3 is 0 Å². The lowest BCUT2D eigenvalue weighted by Gasteiger charge is -2.39. The molecule has 1 amide bonds. The Balaban J connectivity index is 1.87. The van der Waals surface area contributed by atoms with E-state index in [1.807, 2.05) is 47.4 Å². The van der Waals surface area contributed by atoms with Crippen molar-refractivity contribution < 1.29 is 9.59 Å². The average Bonchev–Trinajstić information content (AvgIpc) is 2.68. The van der Waals surface area contributed by atoms with Crippen molar-refractivity contribution in [1.29, 1.82) is 0 Å². The summed E-state index contributed by atoms with van der Waals surface area (Å²) in [6.45, 7) is 2.09. The summed E-state index contributed by atoms with van der Waals surface area (Å²) in [5.74, 6) is 0.0505. The van der Waals surface area contributed by atoms with Crippen molar-refractivity contribution in [2.45, 2.75) is 44.9 Å². The number of para-hydroxylation sites is 1. The highest BCUT2D eigenvalue weighted by atomic mass is 35.5. The van der Waals surface area contributed by atoms with E-state index in [1.165, 1.54) is 0 Å². The Morgan fingerprint density at radius 1 is 1.04 bits per heavy atom. The van der Waals surface area contributed by atoms with Crippen LogP contribution in [0.25, 0.3) is 0 Å². The summed E-state index contributed by atoms with van der Waals surface area (Å²) in [6.07, 6.45) is 3.26. The first kappa shape index (κ1) is 18.0. The van der Waals surface area contributed by atoms with Gasteiger partial charge in [-0.1, -0.05) is 48.9 Å². The van der Waals surface area contributed by atoms with Crippen molar-refractivity contribution in [2.75, 3.05) is 4.90 Å². The van der Waals surface area contributed by atoms with Gasteiger partial charge in [0.25, 0.3) is 0 Å². The number of anilines is 1. The molecule has 0 saturated heterocycles. The van der Waals surface area contributed by atoms with Crippen LogP contribution in [0.4, 0.5) is 5.69 Å². The molecule has 1 aliphatic heterocycles. The van der Waals surface area contributed by atoms with Gasteiger partial charge in [-0.05, 0) is 48.6 Å². The molecule has 2 aliphatic rings. The Morgan fingerprint density at radius 3 is 2.52 bits per heavy atom. The number of ketones is 1. The third kappa shape index (κ3) is 3.21. The minimum Gasteiger partial charge on any atom is -0.294 e.